The summed E-state index contributed by atoms with van der Waals surface area (Å²) in [6.45, 7) is 5.66. The third-order valence-corrected chi connectivity index (χ3v) is 21.7. The SMILES string of the molecule is C1CCC2C(C1)CCC2CCC1CCC2CCCCC21.C[Si](C)(C1CCC2CCCCC21)C1CCC2CCCCC21.[CH3-].[CH3-].[CH3-].[CH3-].[Cl][Zr+2][Cl].[Cl][Zr+2][Cl]. The first-order valence-corrected chi connectivity index (χ1v) is 36.7. The van der Waals surface area contributed by atoms with Crippen LogP contribution in [-0.4, -0.2) is 8.07 Å². The topological polar surface area (TPSA) is 0 Å². The summed E-state index contributed by atoms with van der Waals surface area (Å²) in [5.41, 5.74) is 2.40. The molecule has 51 heavy (non-hydrogen) atoms. The van der Waals surface area contributed by atoms with Gasteiger partial charge in [-0.15, -0.1) is 0 Å². The number of hydrogen-bond acceptors (Lipinski definition) is 0. The van der Waals surface area contributed by atoms with Crippen LogP contribution in [-0.2, 0) is 41.7 Å². The Morgan fingerprint density at radius 2 is 0.627 bits per heavy atom. The Morgan fingerprint density at radius 1 is 0.373 bits per heavy atom. The van der Waals surface area contributed by atoms with E-state index in [0.29, 0.717) is 0 Å². The summed E-state index contributed by atoms with van der Waals surface area (Å²) in [5, 5.41) is 0. The predicted molar refractivity (Wildman–Crippen MR) is 229 cm³/mol. The van der Waals surface area contributed by atoms with Crippen LogP contribution in [0.2, 0.25) is 24.2 Å². The molecule has 0 bridgehead atoms. The van der Waals surface area contributed by atoms with E-state index >= 15 is 0 Å². The maximum absolute atomic E-state index is 4.93. The second-order valence-corrected chi connectivity index (χ2v) is 31.0. The Labute approximate surface area is 360 Å². The first-order chi connectivity index (χ1) is 22.9. The zero-order valence-electron chi connectivity index (χ0n) is 34.3. The molecule has 8 rings (SSSR count). The molecule has 12 unspecified atom stereocenters. The van der Waals surface area contributed by atoms with Gasteiger partial charge < -0.3 is 29.7 Å². The molecule has 7 heteroatoms. The average molecular weight is 963 g/mol. The van der Waals surface area contributed by atoms with E-state index in [1.807, 2.05) is 0 Å². The van der Waals surface area contributed by atoms with Crippen molar-refractivity contribution in [2.24, 2.45) is 59.2 Å². The number of hydrogen-bond donors (Lipinski definition) is 0. The van der Waals surface area contributed by atoms with Crippen LogP contribution in [0.15, 0.2) is 0 Å². The second kappa shape index (κ2) is 27.0. The molecule has 0 amide bonds. The first kappa shape index (κ1) is 52.2. The van der Waals surface area contributed by atoms with Crippen LogP contribution in [0.5, 0.6) is 0 Å². The number of rotatable bonds is 5. The van der Waals surface area contributed by atoms with E-state index < -0.39 is 49.8 Å². The first-order valence-electron chi connectivity index (χ1n) is 20.8. The fourth-order valence-corrected chi connectivity index (χ4v) is 19.9. The van der Waals surface area contributed by atoms with Gasteiger partial charge in [-0.3, -0.25) is 0 Å². The van der Waals surface area contributed by atoms with Crippen molar-refractivity contribution in [1.82, 2.24) is 0 Å². The van der Waals surface area contributed by atoms with E-state index in [4.69, 9.17) is 34.1 Å². The molecule has 0 aromatic heterocycles. The van der Waals surface area contributed by atoms with Crippen LogP contribution < -0.4 is 0 Å². The van der Waals surface area contributed by atoms with Crippen molar-refractivity contribution in [2.45, 2.75) is 191 Å². The average Bonchev–Trinajstić information content (AvgIpc) is 3.89. The molecule has 0 N–H and O–H groups in total. The van der Waals surface area contributed by atoms with Crippen molar-refractivity contribution in [1.29, 1.82) is 0 Å². The Morgan fingerprint density at radius 3 is 0.961 bits per heavy atom. The van der Waals surface area contributed by atoms with Crippen molar-refractivity contribution in [3.63, 3.8) is 0 Å². The summed E-state index contributed by atoms with van der Waals surface area (Å²) < 4.78 is 0. The molecule has 8 saturated carbocycles. The molecule has 8 aliphatic rings. The molecular weight excluding hydrogens is 881 g/mol. The molecule has 0 spiro atoms. The van der Waals surface area contributed by atoms with Crippen molar-refractivity contribution in [2.75, 3.05) is 0 Å². The Hall–Kier alpha value is 3.14. The third-order valence-electron chi connectivity index (χ3n) is 16.4. The summed E-state index contributed by atoms with van der Waals surface area (Å²) in [7, 11) is 18.7. The van der Waals surface area contributed by atoms with E-state index in [0.717, 1.165) is 47.3 Å². The molecule has 0 aromatic carbocycles. The molecular formula is C44H82Cl4SiZr2. The zero-order valence-corrected chi connectivity index (χ0v) is 43.3. The zero-order chi connectivity index (χ0) is 33.2. The van der Waals surface area contributed by atoms with Crippen LogP contribution in [0.3, 0.4) is 0 Å². The van der Waals surface area contributed by atoms with Gasteiger partial charge in [-0.25, -0.2) is 0 Å². The molecule has 0 aromatic rings. The molecule has 0 saturated heterocycles. The molecule has 0 nitrogen and oxygen atoms in total. The van der Waals surface area contributed by atoms with E-state index in [1.54, 1.807) is 167 Å². The summed E-state index contributed by atoms with van der Waals surface area (Å²) in [6, 6.07) is 0. The fraction of sp³-hybridized carbons (Fsp3) is 0.909. The Kier molecular flexibility index (Phi) is 27.6. The van der Waals surface area contributed by atoms with Crippen LogP contribution in [0.4, 0.5) is 0 Å². The van der Waals surface area contributed by atoms with Gasteiger partial charge in [0.15, 0.2) is 0 Å². The normalized spacial score (nSPS) is 38.6. The molecule has 8 fully saturated rings. The van der Waals surface area contributed by atoms with Gasteiger partial charge in [0.25, 0.3) is 0 Å². The predicted octanol–water partition coefficient (Wildman–Crippen LogP) is 17.4. The maximum atomic E-state index is 4.93. The molecule has 0 radical (unpaired) electrons. The van der Waals surface area contributed by atoms with E-state index in [-0.39, 0.29) is 29.7 Å². The molecule has 12 atom stereocenters. The van der Waals surface area contributed by atoms with Gasteiger partial charge in [0.2, 0.25) is 0 Å². The summed E-state index contributed by atoms with van der Waals surface area (Å²) in [6.07, 6.45) is 41.1. The van der Waals surface area contributed by atoms with Gasteiger partial charge in [-0.2, -0.15) is 0 Å². The quantitative estimate of drug-likeness (QED) is 0.190. The second-order valence-electron chi connectivity index (χ2n) is 18.4. The van der Waals surface area contributed by atoms with Gasteiger partial charge in [-0.05, 0) is 122 Å². The monoisotopic (exact) mass is 958 g/mol. The molecule has 0 heterocycles. The van der Waals surface area contributed by atoms with Crippen molar-refractivity contribution >= 4 is 42.1 Å². The van der Waals surface area contributed by atoms with Crippen LogP contribution in [0.25, 0.3) is 0 Å². The van der Waals surface area contributed by atoms with Gasteiger partial charge >= 0.3 is 75.7 Å². The third kappa shape index (κ3) is 13.9. The van der Waals surface area contributed by atoms with Crippen molar-refractivity contribution < 1.29 is 41.7 Å². The Bertz CT molecular complexity index is 825. The fourth-order valence-electron chi connectivity index (χ4n) is 14.4. The van der Waals surface area contributed by atoms with E-state index in [9.17, 15) is 0 Å². The summed E-state index contributed by atoms with van der Waals surface area (Å²) in [4.78, 5) is 0. The van der Waals surface area contributed by atoms with Crippen molar-refractivity contribution in [3.8, 4) is 0 Å². The standard InChI is InChI=1S/C20H36Si.C20H34.4CH3.4ClH.2Zr/c1-21(2,19-13-11-15-7-3-5-9-17(15)19)20-14-12-16-8-4-6-10-18(16)20;1-3-7-19-15(5-1)9-11-17(19)13-14-18-12-10-16-6-2-4-8-20(16)18;;;;;;;;;;/h15-20H,3-14H2,1-2H3;15-20H,1-14H2;4*1H3;4*1H;;/q;;4*-1;;;;;2*+4/p-4. The van der Waals surface area contributed by atoms with Gasteiger partial charge in [-0.1, -0.05) is 129 Å². The molecule has 298 valence electrons. The van der Waals surface area contributed by atoms with Crippen molar-refractivity contribution in [3.05, 3.63) is 29.7 Å². The van der Waals surface area contributed by atoms with Crippen LogP contribution >= 0.6 is 34.1 Å². The van der Waals surface area contributed by atoms with Gasteiger partial charge in [0.05, 0.1) is 8.07 Å². The summed E-state index contributed by atoms with van der Waals surface area (Å²) in [5.74, 6) is 11.6. The minimum atomic E-state index is -1.05. The molecule has 0 aliphatic heterocycles. The Balaban J connectivity index is 0.000000414. The number of halogens is 4. The minimum absolute atomic E-state index is 0. The van der Waals surface area contributed by atoms with Crippen LogP contribution in [0, 0.1) is 88.9 Å². The summed E-state index contributed by atoms with van der Waals surface area (Å²) >= 11 is -1.65. The van der Waals surface area contributed by atoms with Crippen LogP contribution in [0.1, 0.15) is 167 Å². The molecule has 8 aliphatic carbocycles. The van der Waals surface area contributed by atoms with Gasteiger partial charge in [0.1, 0.15) is 0 Å². The van der Waals surface area contributed by atoms with Gasteiger partial charge in [0, 0.05) is 0 Å². The van der Waals surface area contributed by atoms with E-state index in [1.165, 1.54) is 22.9 Å². The van der Waals surface area contributed by atoms with E-state index in [2.05, 4.69) is 13.1 Å². The number of fused-ring (bicyclic) bond motifs is 4.